The predicted molar refractivity (Wildman–Crippen MR) is 70.2 cm³/mol. The van der Waals surface area contributed by atoms with E-state index < -0.39 is 17.5 Å². The third-order valence-corrected chi connectivity index (χ3v) is 2.80. The van der Waals surface area contributed by atoms with Crippen molar-refractivity contribution >= 4 is 11.6 Å². The quantitative estimate of drug-likeness (QED) is 0.874. The van der Waals surface area contributed by atoms with E-state index in [0.29, 0.717) is 11.1 Å². The number of benzene rings is 2. The Morgan fingerprint density at radius 2 is 1.79 bits per heavy atom. The van der Waals surface area contributed by atoms with Gasteiger partial charge in [-0.1, -0.05) is 6.07 Å². The summed E-state index contributed by atoms with van der Waals surface area (Å²) in [5, 5.41) is 2.49. The van der Waals surface area contributed by atoms with E-state index in [-0.39, 0.29) is 5.69 Å². The molecule has 0 radical (unpaired) electrons. The highest BCUT2D eigenvalue weighted by Crippen LogP contribution is 2.18. The highest BCUT2D eigenvalue weighted by Gasteiger charge is 2.12. The molecule has 1 amide bonds. The van der Waals surface area contributed by atoms with Gasteiger partial charge in [0.2, 0.25) is 0 Å². The van der Waals surface area contributed by atoms with Crippen LogP contribution in [0.1, 0.15) is 21.5 Å². The largest absolute Gasteiger partial charge is 0.319 e. The molecule has 0 saturated carbocycles. The summed E-state index contributed by atoms with van der Waals surface area (Å²) in [5.41, 5.74) is 1.79. The van der Waals surface area contributed by atoms with E-state index in [4.69, 9.17) is 0 Å². The minimum absolute atomic E-state index is 0.119. The van der Waals surface area contributed by atoms with E-state index in [1.807, 2.05) is 0 Å². The van der Waals surface area contributed by atoms with Crippen LogP contribution in [0.15, 0.2) is 36.4 Å². The molecular weight excluding hydrogens is 248 g/mol. The molecule has 0 saturated heterocycles. The van der Waals surface area contributed by atoms with Crippen LogP contribution in [-0.2, 0) is 0 Å². The second-order valence-corrected chi connectivity index (χ2v) is 4.40. The molecule has 0 heterocycles. The Morgan fingerprint density at radius 3 is 2.47 bits per heavy atom. The zero-order valence-corrected chi connectivity index (χ0v) is 10.6. The molecule has 2 aromatic carbocycles. The fraction of sp³-hybridized carbons (Fsp3) is 0.133. The summed E-state index contributed by atoms with van der Waals surface area (Å²) in [5.74, 6) is -1.36. The van der Waals surface area contributed by atoms with Crippen LogP contribution in [-0.4, -0.2) is 5.91 Å². The van der Waals surface area contributed by atoms with Crippen molar-refractivity contribution in [3.05, 3.63) is 64.7 Å². The number of aryl methyl sites for hydroxylation is 2. The number of nitrogens with one attached hydrogen (secondary N) is 1. The van der Waals surface area contributed by atoms with Gasteiger partial charge >= 0.3 is 0 Å². The topological polar surface area (TPSA) is 29.1 Å². The zero-order chi connectivity index (χ0) is 14.0. The number of anilines is 1. The van der Waals surface area contributed by atoms with Crippen molar-refractivity contribution in [2.45, 2.75) is 13.8 Å². The molecule has 19 heavy (non-hydrogen) atoms. The standard InChI is InChI=1S/C15H13F2NO/c1-9-3-6-13(17)14(7-9)18-15(19)12-5-4-11(16)8-10(12)2/h3-8H,1-2H3,(H,18,19). The lowest BCUT2D eigenvalue weighted by Gasteiger charge is -2.09. The van der Waals surface area contributed by atoms with Crippen molar-refractivity contribution < 1.29 is 13.6 Å². The number of carbonyl (C=O) groups is 1. The third-order valence-electron chi connectivity index (χ3n) is 2.80. The minimum Gasteiger partial charge on any atom is -0.319 e. The van der Waals surface area contributed by atoms with E-state index >= 15 is 0 Å². The second-order valence-electron chi connectivity index (χ2n) is 4.40. The van der Waals surface area contributed by atoms with Gasteiger partial charge in [0.05, 0.1) is 5.69 Å². The summed E-state index contributed by atoms with van der Waals surface area (Å²) in [7, 11) is 0. The van der Waals surface area contributed by atoms with Gasteiger partial charge in [-0.15, -0.1) is 0 Å². The Labute approximate surface area is 110 Å². The maximum absolute atomic E-state index is 13.5. The fourth-order valence-corrected chi connectivity index (χ4v) is 1.81. The average Bonchev–Trinajstić information content (AvgIpc) is 2.33. The Hall–Kier alpha value is -2.23. The monoisotopic (exact) mass is 261 g/mol. The van der Waals surface area contributed by atoms with Crippen LogP contribution >= 0.6 is 0 Å². The average molecular weight is 261 g/mol. The Balaban J connectivity index is 2.28. The first-order valence-corrected chi connectivity index (χ1v) is 5.81. The Morgan fingerprint density at radius 1 is 1.05 bits per heavy atom. The van der Waals surface area contributed by atoms with E-state index in [1.165, 1.54) is 24.3 Å². The molecule has 0 aliphatic rings. The van der Waals surface area contributed by atoms with Gasteiger partial charge in [-0.05, 0) is 55.3 Å². The van der Waals surface area contributed by atoms with Crippen LogP contribution < -0.4 is 5.32 Å². The van der Waals surface area contributed by atoms with E-state index in [2.05, 4.69) is 5.32 Å². The number of hydrogen-bond acceptors (Lipinski definition) is 1. The van der Waals surface area contributed by atoms with E-state index in [0.717, 1.165) is 5.56 Å². The third kappa shape index (κ3) is 2.96. The predicted octanol–water partition coefficient (Wildman–Crippen LogP) is 3.83. The van der Waals surface area contributed by atoms with Crippen molar-refractivity contribution in [3.63, 3.8) is 0 Å². The summed E-state index contributed by atoms with van der Waals surface area (Å²) < 4.78 is 26.5. The van der Waals surface area contributed by atoms with Gasteiger partial charge in [0.15, 0.2) is 0 Å². The Bertz CT molecular complexity index is 638. The first-order chi connectivity index (χ1) is 8.97. The molecule has 0 unspecified atom stereocenters. The van der Waals surface area contributed by atoms with Gasteiger partial charge in [0.25, 0.3) is 5.91 Å². The van der Waals surface area contributed by atoms with Crippen molar-refractivity contribution in [3.8, 4) is 0 Å². The second kappa shape index (κ2) is 5.18. The number of halogens is 2. The summed E-state index contributed by atoms with van der Waals surface area (Å²) in [6, 6.07) is 8.31. The fourth-order valence-electron chi connectivity index (χ4n) is 1.81. The van der Waals surface area contributed by atoms with Gasteiger partial charge in [-0.3, -0.25) is 4.79 Å². The van der Waals surface area contributed by atoms with Gasteiger partial charge in [-0.25, -0.2) is 8.78 Å². The molecule has 4 heteroatoms. The minimum atomic E-state index is -0.501. The summed E-state index contributed by atoms with van der Waals surface area (Å²) in [6.45, 7) is 3.43. The molecule has 0 aliphatic carbocycles. The van der Waals surface area contributed by atoms with Crippen molar-refractivity contribution in [2.75, 3.05) is 5.32 Å². The number of carbonyl (C=O) groups excluding carboxylic acids is 1. The SMILES string of the molecule is Cc1ccc(F)c(NC(=O)c2ccc(F)cc2C)c1. The number of hydrogen-bond donors (Lipinski definition) is 1. The first kappa shape index (κ1) is 13.2. The summed E-state index contributed by atoms with van der Waals surface area (Å²) in [6.07, 6.45) is 0. The lowest BCUT2D eigenvalue weighted by atomic mass is 10.1. The van der Waals surface area contributed by atoms with Gasteiger partial charge in [0, 0.05) is 5.56 Å². The molecule has 1 N–H and O–H groups in total. The number of amides is 1. The summed E-state index contributed by atoms with van der Waals surface area (Å²) in [4.78, 5) is 12.0. The van der Waals surface area contributed by atoms with E-state index in [9.17, 15) is 13.6 Å². The molecular formula is C15H13F2NO. The van der Waals surface area contributed by atoms with Crippen LogP contribution in [0.3, 0.4) is 0 Å². The molecule has 98 valence electrons. The number of rotatable bonds is 2. The highest BCUT2D eigenvalue weighted by molar-refractivity contribution is 6.05. The zero-order valence-electron chi connectivity index (χ0n) is 10.6. The molecule has 2 aromatic rings. The molecule has 0 spiro atoms. The van der Waals surface area contributed by atoms with Crippen LogP contribution in [0, 0.1) is 25.5 Å². The molecule has 0 aliphatic heterocycles. The van der Waals surface area contributed by atoms with Crippen LogP contribution in [0.25, 0.3) is 0 Å². The summed E-state index contributed by atoms with van der Waals surface area (Å²) >= 11 is 0. The molecule has 0 bridgehead atoms. The van der Waals surface area contributed by atoms with Crippen molar-refractivity contribution in [1.29, 1.82) is 0 Å². The first-order valence-electron chi connectivity index (χ1n) is 5.81. The van der Waals surface area contributed by atoms with Crippen molar-refractivity contribution in [2.24, 2.45) is 0 Å². The highest BCUT2D eigenvalue weighted by atomic mass is 19.1. The molecule has 2 nitrogen and oxygen atoms in total. The van der Waals surface area contributed by atoms with Crippen molar-refractivity contribution in [1.82, 2.24) is 0 Å². The normalized spacial score (nSPS) is 10.3. The van der Waals surface area contributed by atoms with Gasteiger partial charge < -0.3 is 5.32 Å². The smallest absolute Gasteiger partial charge is 0.256 e. The Kier molecular flexibility index (Phi) is 3.60. The van der Waals surface area contributed by atoms with Crippen LogP contribution in [0.2, 0.25) is 0 Å². The van der Waals surface area contributed by atoms with E-state index in [1.54, 1.807) is 26.0 Å². The maximum atomic E-state index is 13.5. The molecule has 0 atom stereocenters. The lowest BCUT2D eigenvalue weighted by molar-refractivity contribution is 0.102. The maximum Gasteiger partial charge on any atom is 0.256 e. The lowest BCUT2D eigenvalue weighted by Crippen LogP contribution is -2.14. The molecule has 0 aromatic heterocycles. The van der Waals surface area contributed by atoms with Gasteiger partial charge in [0.1, 0.15) is 11.6 Å². The molecule has 0 fully saturated rings. The van der Waals surface area contributed by atoms with Gasteiger partial charge in [-0.2, -0.15) is 0 Å². The molecule has 2 rings (SSSR count). The van der Waals surface area contributed by atoms with Crippen LogP contribution in [0.4, 0.5) is 14.5 Å². The van der Waals surface area contributed by atoms with Crippen LogP contribution in [0.5, 0.6) is 0 Å².